The molecule has 10 heteroatoms. The molecule has 146 valence electrons. The van der Waals surface area contributed by atoms with Crippen LogP contribution in [0.4, 0.5) is 18.9 Å². The molecule has 0 spiro atoms. The molecule has 2 aromatic heterocycles. The zero-order valence-electron chi connectivity index (χ0n) is 14.5. The molecule has 0 aliphatic carbocycles. The Morgan fingerprint density at radius 1 is 1.14 bits per heavy atom. The number of rotatable bonds is 2. The van der Waals surface area contributed by atoms with E-state index in [9.17, 15) is 22.8 Å². The lowest BCUT2D eigenvalue weighted by Crippen LogP contribution is -2.49. The van der Waals surface area contributed by atoms with Crippen LogP contribution in [0.1, 0.15) is 15.9 Å². The quantitative estimate of drug-likeness (QED) is 0.654. The monoisotopic (exact) mass is 408 g/mol. The molecule has 28 heavy (non-hydrogen) atoms. The number of piperazine rings is 1. The molecule has 6 nitrogen and oxygen atoms in total. The van der Waals surface area contributed by atoms with Crippen molar-refractivity contribution in [1.82, 2.24) is 14.3 Å². The van der Waals surface area contributed by atoms with Crippen LogP contribution in [-0.2, 0) is 6.18 Å². The number of fused-ring (bicyclic) bond motifs is 1. The third kappa shape index (κ3) is 3.35. The number of hydrogen-bond acceptors (Lipinski definition) is 5. The maximum Gasteiger partial charge on any atom is 0.416 e. The predicted octanol–water partition coefficient (Wildman–Crippen LogP) is 2.74. The number of benzene rings is 1. The second-order valence-corrected chi connectivity index (χ2v) is 7.23. The van der Waals surface area contributed by atoms with E-state index in [1.807, 2.05) is 0 Å². The average Bonchev–Trinajstić information content (AvgIpc) is 3.17. The maximum absolute atomic E-state index is 12.9. The molecular formula is C18H15F3N4O2S. The second-order valence-electron chi connectivity index (χ2n) is 6.36. The molecule has 1 fully saturated rings. The van der Waals surface area contributed by atoms with E-state index in [0.717, 1.165) is 12.1 Å². The SMILES string of the molecule is O=C(c1cnc2sccn2c1=O)N1CCN(c2cccc(C(F)(F)F)c2)CC1. The molecule has 4 rings (SSSR count). The first kappa shape index (κ1) is 18.5. The molecule has 1 aliphatic heterocycles. The summed E-state index contributed by atoms with van der Waals surface area (Å²) >= 11 is 1.30. The Morgan fingerprint density at radius 3 is 2.61 bits per heavy atom. The van der Waals surface area contributed by atoms with Gasteiger partial charge in [-0.15, -0.1) is 11.3 Å². The number of carbonyl (C=O) groups excluding carboxylic acids is 1. The van der Waals surface area contributed by atoms with Crippen LogP contribution in [0.3, 0.4) is 0 Å². The molecule has 1 amide bonds. The average molecular weight is 408 g/mol. The first-order valence-electron chi connectivity index (χ1n) is 8.51. The Kier molecular flexibility index (Phi) is 4.58. The smallest absolute Gasteiger partial charge is 0.368 e. The van der Waals surface area contributed by atoms with E-state index in [-0.39, 0.29) is 5.56 Å². The zero-order chi connectivity index (χ0) is 19.9. The number of halogens is 3. The van der Waals surface area contributed by atoms with E-state index in [2.05, 4.69) is 4.98 Å². The Hall–Kier alpha value is -2.88. The van der Waals surface area contributed by atoms with Crippen molar-refractivity contribution in [2.75, 3.05) is 31.1 Å². The van der Waals surface area contributed by atoms with Gasteiger partial charge >= 0.3 is 6.18 Å². The highest BCUT2D eigenvalue weighted by atomic mass is 32.1. The van der Waals surface area contributed by atoms with Crippen molar-refractivity contribution in [3.8, 4) is 0 Å². The second kappa shape index (κ2) is 6.93. The summed E-state index contributed by atoms with van der Waals surface area (Å²) in [4.78, 5) is 33.1. The van der Waals surface area contributed by atoms with Crippen molar-refractivity contribution in [1.29, 1.82) is 0 Å². The topological polar surface area (TPSA) is 57.9 Å². The van der Waals surface area contributed by atoms with Crippen LogP contribution in [0, 0.1) is 0 Å². The van der Waals surface area contributed by atoms with Crippen LogP contribution in [-0.4, -0.2) is 46.4 Å². The van der Waals surface area contributed by atoms with Crippen LogP contribution < -0.4 is 10.5 Å². The first-order chi connectivity index (χ1) is 13.3. The third-order valence-corrected chi connectivity index (χ3v) is 5.45. The van der Waals surface area contributed by atoms with Crippen LogP contribution in [0.25, 0.3) is 4.96 Å². The molecule has 1 aromatic carbocycles. The lowest BCUT2D eigenvalue weighted by atomic mass is 10.1. The van der Waals surface area contributed by atoms with Crippen LogP contribution >= 0.6 is 11.3 Å². The van der Waals surface area contributed by atoms with Gasteiger partial charge in [-0.1, -0.05) is 6.07 Å². The fourth-order valence-corrected chi connectivity index (χ4v) is 3.86. The maximum atomic E-state index is 12.9. The Morgan fingerprint density at radius 2 is 1.89 bits per heavy atom. The summed E-state index contributed by atoms with van der Waals surface area (Å²) in [5.74, 6) is -0.415. The molecule has 0 unspecified atom stereocenters. The van der Waals surface area contributed by atoms with E-state index < -0.39 is 23.2 Å². The molecule has 1 aliphatic rings. The minimum atomic E-state index is -4.40. The van der Waals surface area contributed by atoms with Gasteiger partial charge in [-0.25, -0.2) is 4.98 Å². The Labute approximate surface area is 161 Å². The number of aromatic nitrogens is 2. The van der Waals surface area contributed by atoms with Gasteiger partial charge in [-0.3, -0.25) is 14.0 Å². The van der Waals surface area contributed by atoms with Crippen LogP contribution in [0.5, 0.6) is 0 Å². The summed E-state index contributed by atoms with van der Waals surface area (Å²) in [6.07, 6.45) is -1.54. The van der Waals surface area contributed by atoms with Crippen molar-refractivity contribution in [3.05, 3.63) is 63.5 Å². The summed E-state index contributed by atoms with van der Waals surface area (Å²) in [5, 5.41) is 1.71. The third-order valence-electron chi connectivity index (χ3n) is 4.68. The van der Waals surface area contributed by atoms with E-state index >= 15 is 0 Å². The summed E-state index contributed by atoms with van der Waals surface area (Å²) in [7, 11) is 0. The van der Waals surface area contributed by atoms with Crippen molar-refractivity contribution in [2.45, 2.75) is 6.18 Å². The number of nitrogens with zero attached hydrogens (tertiary/aromatic N) is 4. The minimum absolute atomic E-state index is 0.0107. The number of anilines is 1. The molecule has 3 heterocycles. The van der Waals surface area contributed by atoms with Crippen molar-refractivity contribution in [3.63, 3.8) is 0 Å². The van der Waals surface area contributed by atoms with Gasteiger partial charge in [0.25, 0.3) is 11.5 Å². The summed E-state index contributed by atoms with van der Waals surface area (Å²) in [6, 6.07) is 5.13. The summed E-state index contributed by atoms with van der Waals surface area (Å²) < 4.78 is 40.1. The van der Waals surface area contributed by atoms with E-state index in [0.29, 0.717) is 36.8 Å². The fourth-order valence-electron chi connectivity index (χ4n) is 3.19. The van der Waals surface area contributed by atoms with Crippen molar-refractivity contribution < 1.29 is 18.0 Å². The fraction of sp³-hybridized carbons (Fsp3) is 0.278. The van der Waals surface area contributed by atoms with Gasteiger partial charge in [0.05, 0.1) is 5.56 Å². The van der Waals surface area contributed by atoms with Crippen molar-refractivity contribution in [2.24, 2.45) is 0 Å². The molecule has 3 aromatic rings. The predicted molar refractivity (Wildman–Crippen MR) is 98.9 cm³/mol. The molecule has 0 saturated carbocycles. The molecule has 0 N–H and O–H groups in total. The number of hydrogen-bond donors (Lipinski definition) is 0. The number of carbonyl (C=O) groups is 1. The standard InChI is InChI=1S/C18H15F3N4O2S/c19-18(20,21)12-2-1-3-13(10-12)23-4-6-24(7-5-23)15(26)14-11-22-17-25(16(14)27)8-9-28-17/h1-3,8-11H,4-7H2. The number of thiazole rings is 1. The summed E-state index contributed by atoms with van der Waals surface area (Å²) in [6.45, 7) is 1.37. The van der Waals surface area contributed by atoms with Gasteiger partial charge in [0.2, 0.25) is 0 Å². The molecule has 0 bridgehead atoms. The van der Waals surface area contributed by atoms with Crippen LogP contribution in [0.15, 0.2) is 46.8 Å². The molecule has 0 atom stereocenters. The van der Waals surface area contributed by atoms with Crippen molar-refractivity contribution >= 4 is 27.9 Å². The van der Waals surface area contributed by atoms with Gasteiger partial charge in [-0.05, 0) is 18.2 Å². The van der Waals surface area contributed by atoms with Gasteiger partial charge < -0.3 is 9.80 Å². The Balaban J connectivity index is 1.49. The van der Waals surface area contributed by atoms with Gasteiger partial charge in [0.15, 0.2) is 4.96 Å². The summed E-state index contributed by atoms with van der Waals surface area (Å²) in [5.41, 5.74) is -0.671. The van der Waals surface area contributed by atoms with Gasteiger partial charge in [-0.2, -0.15) is 13.2 Å². The molecule has 0 radical (unpaired) electrons. The normalized spacial score (nSPS) is 15.2. The Bertz CT molecular complexity index is 1080. The van der Waals surface area contributed by atoms with Crippen LogP contribution in [0.2, 0.25) is 0 Å². The van der Waals surface area contributed by atoms with Gasteiger partial charge in [0, 0.05) is 49.6 Å². The highest BCUT2D eigenvalue weighted by Crippen LogP contribution is 2.31. The van der Waals surface area contributed by atoms with Gasteiger partial charge in [0.1, 0.15) is 5.56 Å². The number of amides is 1. The minimum Gasteiger partial charge on any atom is -0.368 e. The highest BCUT2D eigenvalue weighted by molar-refractivity contribution is 7.15. The highest BCUT2D eigenvalue weighted by Gasteiger charge is 2.31. The van der Waals surface area contributed by atoms with E-state index in [1.165, 1.54) is 32.9 Å². The molecule has 1 saturated heterocycles. The molecular weight excluding hydrogens is 393 g/mol. The first-order valence-corrected chi connectivity index (χ1v) is 9.39. The van der Waals surface area contributed by atoms with E-state index in [1.54, 1.807) is 22.5 Å². The lowest BCUT2D eigenvalue weighted by Gasteiger charge is -2.36. The number of alkyl halides is 3. The van der Waals surface area contributed by atoms with E-state index in [4.69, 9.17) is 0 Å². The largest absolute Gasteiger partial charge is 0.416 e. The lowest BCUT2D eigenvalue weighted by molar-refractivity contribution is -0.137. The zero-order valence-corrected chi connectivity index (χ0v) is 15.3.